The number of piperazine rings is 1. The van der Waals surface area contributed by atoms with Gasteiger partial charge >= 0.3 is 0 Å². The molecule has 2 saturated heterocycles. The minimum absolute atomic E-state index is 0.0154. The number of hydrogen-bond donors (Lipinski definition) is 2. The molecule has 0 aliphatic carbocycles. The fourth-order valence-electron chi connectivity index (χ4n) is 4.90. The monoisotopic (exact) mass is 427 g/mol. The van der Waals surface area contributed by atoms with Gasteiger partial charge in [0.1, 0.15) is 11.7 Å². The Morgan fingerprint density at radius 3 is 2.55 bits per heavy atom. The van der Waals surface area contributed by atoms with Crippen LogP contribution in [0.25, 0.3) is 0 Å². The second kappa shape index (κ2) is 8.49. The number of fused-ring (bicyclic) bond motifs is 1. The molecule has 2 fully saturated rings. The van der Waals surface area contributed by atoms with Gasteiger partial charge < -0.3 is 25.3 Å². The smallest absolute Gasteiger partial charge is 0.255 e. The molecule has 3 amide bonds. The van der Waals surface area contributed by atoms with Crippen LogP contribution in [-0.4, -0.2) is 83.4 Å². The number of benzene rings is 1. The Kier molecular flexibility index (Phi) is 5.92. The van der Waals surface area contributed by atoms with Crippen molar-refractivity contribution in [1.29, 1.82) is 0 Å². The Morgan fingerprint density at radius 2 is 1.84 bits per heavy atom. The number of carbonyl (C=O) groups is 3. The Labute approximate surface area is 183 Å². The molecule has 3 heterocycles. The van der Waals surface area contributed by atoms with Crippen molar-refractivity contribution in [3.8, 4) is 0 Å². The first kappa shape index (κ1) is 21.6. The van der Waals surface area contributed by atoms with Crippen molar-refractivity contribution < 1.29 is 14.4 Å². The molecule has 0 radical (unpaired) electrons. The highest BCUT2D eigenvalue weighted by molar-refractivity contribution is 6.02. The first-order valence-corrected chi connectivity index (χ1v) is 11.3. The van der Waals surface area contributed by atoms with Crippen LogP contribution in [0.5, 0.6) is 0 Å². The molecule has 1 aromatic rings. The quantitative estimate of drug-likeness (QED) is 0.762. The number of hydrogen-bond acceptors (Lipinski definition) is 5. The first-order chi connectivity index (χ1) is 14.8. The third kappa shape index (κ3) is 4.26. The first-order valence-electron chi connectivity index (χ1n) is 11.3. The molecule has 168 valence electrons. The lowest BCUT2D eigenvalue weighted by molar-refractivity contribution is -0.145. The number of carbonyl (C=O) groups excluding carboxylic acids is 3. The normalized spacial score (nSPS) is 25.5. The van der Waals surface area contributed by atoms with Crippen LogP contribution in [0, 0.1) is 6.92 Å². The van der Waals surface area contributed by atoms with Gasteiger partial charge in [-0.3, -0.25) is 14.4 Å². The summed E-state index contributed by atoms with van der Waals surface area (Å²) in [6, 6.07) is 5.23. The van der Waals surface area contributed by atoms with Gasteiger partial charge in [-0.2, -0.15) is 0 Å². The van der Waals surface area contributed by atoms with Gasteiger partial charge in [-0.1, -0.05) is 13.0 Å². The van der Waals surface area contributed by atoms with Crippen molar-refractivity contribution in [2.24, 2.45) is 0 Å². The van der Waals surface area contributed by atoms with Crippen LogP contribution in [0.3, 0.4) is 0 Å². The zero-order valence-electron chi connectivity index (χ0n) is 18.7. The van der Waals surface area contributed by atoms with Crippen LogP contribution in [0.15, 0.2) is 18.2 Å². The van der Waals surface area contributed by atoms with Crippen molar-refractivity contribution in [2.45, 2.75) is 51.7 Å². The average molecular weight is 428 g/mol. The zero-order valence-corrected chi connectivity index (χ0v) is 18.7. The molecule has 3 aliphatic heterocycles. The highest BCUT2D eigenvalue weighted by Crippen LogP contribution is 2.32. The van der Waals surface area contributed by atoms with Crippen molar-refractivity contribution in [2.75, 3.05) is 44.6 Å². The van der Waals surface area contributed by atoms with Gasteiger partial charge in [0, 0.05) is 51.3 Å². The number of likely N-dealkylation sites (N-methyl/N-ethyl adjacent to an activating group) is 1. The van der Waals surface area contributed by atoms with Gasteiger partial charge in [-0.05, 0) is 44.5 Å². The standard InChI is InChI=1S/C23H33N5O3/c1-4-26-11-13-27(14-12-26)22(31)17(3)28-10-9-23(8-7-20(28)29)24-19-15-16(2)5-6-18(19)21(30)25-23/h5-6,15,17,24H,4,7-14H2,1-3H3,(H,25,30). The van der Waals surface area contributed by atoms with E-state index in [0.717, 1.165) is 30.9 Å². The van der Waals surface area contributed by atoms with E-state index in [4.69, 9.17) is 0 Å². The Bertz CT molecular complexity index is 880. The summed E-state index contributed by atoms with van der Waals surface area (Å²) in [7, 11) is 0. The largest absolute Gasteiger partial charge is 0.362 e. The third-order valence-electron chi connectivity index (χ3n) is 6.97. The van der Waals surface area contributed by atoms with Crippen LogP contribution < -0.4 is 10.6 Å². The molecule has 2 N–H and O–H groups in total. The molecule has 8 nitrogen and oxygen atoms in total. The minimum Gasteiger partial charge on any atom is -0.362 e. The maximum Gasteiger partial charge on any atom is 0.255 e. The van der Waals surface area contributed by atoms with Crippen molar-refractivity contribution in [3.05, 3.63) is 29.3 Å². The third-order valence-corrected chi connectivity index (χ3v) is 6.97. The molecule has 0 aromatic heterocycles. The summed E-state index contributed by atoms with van der Waals surface area (Å²) >= 11 is 0. The van der Waals surface area contributed by atoms with Gasteiger partial charge in [0.15, 0.2) is 0 Å². The number of anilines is 1. The lowest BCUT2D eigenvalue weighted by atomic mass is 9.94. The fraction of sp³-hybridized carbons (Fsp3) is 0.609. The maximum atomic E-state index is 13.1. The van der Waals surface area contributed by atoms with Gasteiger partial charge in [0.2, 0.25) is 11.8 Å². The lowest BCUT2D eigenvalue weighted by Crippen LogP contribution is -2.58. The molecule has 2 atom stereocenters. The number of likely N-dealkylation sites (tertiary alicyclic amines) is 1. The molecular formula is C23H33N5O3. The molecule has 1 aromatic carbocycles. The summed E-state index contributed by atoms with van der Waals surface area (Å²) in [4.78, 5) is 44.7. The summed E-state index contributed by atoms with van der Waals surface area (Å²) in [5.74, 6) is -0.134. The average Bonchev–Trinajstić information content (AvgIpc) is 2.91. The van der Waals surface area contributed by atoms with Crippen molar-refractivity contribution >= 4 is 23.4 Å². The van der Waals surface area contributed by atoms with Gasteiger partial charge in [-0.15, -0.1) is 0 Å². The van der Waals surface area contributed by atoms with Crippen molar-refractivity contribution in [1.82, 2.24) is 20.0 Å². The van der Waals surface area contributed by atoms with Crippen LogP contribution in [0.1, 0.15) is 49.0 Å². The number of rotatable bonds is 3. The summed E-state index contributed by atoms with van der Waals surface area (Å²) in [6.07, 6.45) is 1.34. The second-order valence-corrected chi connectivity index (χ2v) is 8.98. The molecular weight excluding hydrogens is 394 g/mol. The van der Waals surface area contributed by atoms with E-state index in [1.807, 2.05) is 36.9 Å². The highest BCUT2D eigenvalue weighted by atomic mass is 16.2. The zero-order chi connectivity index (χ0) is 22.2. The molecule has 1 spiro atoms. The van der Waals surface area contributed by atoms with Crippen molar-refractivity contribution in [3.63, 3.8) is 0 Å². The minimum atomic E-state index is -0.669. The molecule has 2 unspecified atom stereocenters. The number of nitrogens with zero attached hydrogens (tertiary/aromatic N) is 3. The van der Waals surface area contributed by atoms with E-state index in [0.29, 0.717) is 38.0 Å². The summed E-state index contributed by atoms with van der Waals surface area (Å²) in [5, 5.41) is 6.60. The predicted octanol–water partition coefficient (Wildman–Crippen LogP) is 1.41. The maximum absolute atomic E-state index is 13.1. The van der Waals surface area contributed by atoms with E-state index in [2.05, 4.69) is 22.5 Å². The van der Waals surface area contributed by atoms with Gasteiger partial charge in [0.05, 0.1) is 5.56 Å². The molecule has 31 heavy (non-hydrogen) atoms. The van der Waals surface area contributed by atoms with Crippen LogP contribution in [0.4, 0.5) is 5.69 Å². The summed E-state index contributed by atoms with van der Waals surface area (Å²) in [5.41, 5.74) is 1.84. The van der Waals surface area contributed by atoms with E-state index < -0.39 is 11.7 Å². The molecule has 4 rings (SSSR count). The van der Waals surface area contributed by atoms with E-state index in [9.17, 15) is 14.4 Å². The van der Waals surface area contributed by atoms with Gasteiger partial charge in [-0.25, -0.2) is 0 Å². The topological polar surface area (TPSA) is 85.0 Å². The van der Waals surface area contributed by atoms with Crippen LogP contribution >= 0.6 is 0 Å². The van der Waals surface area contributed by atoms with Crippen LogP contribution in [0.2, 0.25) is 0 Å². The Balaban J connectivity index is 1.45. The predicted molar refractivity (Wildman–Crippen MR) is 119 cm³/mol. The number of nitrogens with one attached hydrogen (secondary N) is 2. The highest BCUT2D eigenvalue weighted by Gasteiger charge is 2.42. The van der Waals surface area contributed by atoms with E-state index in [1.165, 1.54) is 0 Å². The molecule has 8 heteroatoms. The van der Waals surface area contributed by atoms with Crippen LogP contribution in [-0.2, 0) is 9.59 Å². The molecule has 0 saturated carbocycles. The Morgan fingerprint density at radius 1 is 1.10 bits per heavy atom. The van der Waals surface area contributed by atoms with E-state index in [1.54, 1.807) is 4.90 Å². The van der Waals surface area contributed by atoms with Gasteiger partial charge in [0.25, 0.3) is 5.91 Å². The Hall–Kier alpha value is -2.61. The SMILES string of the molecule is CCN1CCN(C(=O)C(C)N2CCC3(CCC2=O)NC(=O)c2ccc(C)cc2N3)CC1. The van der Waals surface area contributed by atoms with E-state index in [-0.39, 0.29) is 24.1 Å². The lowest BCUT2D eigenvalue weighted by Gasteiger charge is -2.40. The summed E-state index contributed by atoms with van der Waals surface area (Å²) < 4.78 is 0. The fourth-order valence-corrected chi connectivity index (χ4v) is 4.90. The molecule has 0 bridgehead atoms. The van der Waals surface area contributed by atoms with E-state index >= 15 is 0 Å². The number of aryl methyl sites for hydroxylation is 1. The number of amides is 3. The second-order valence-electron chi connectivity index (χ2n) is 8.98. The molecule has 3 aliphatic rings. The summed E-state index contributed by atoms with van der Waals surface area (Å²) in [6.45, 7) is 10.5.